The predicted octanol–water partition coefficient (Wildman–Crippen LogP) is 11.0. The summed E-state index contributed by atoms with van der Waals surface area (Å²) < 4.78 is 7.86. The summed E-state index contributed by atoms with van der Waals surface area (Å²) in [6, 6.07) is 35.1. The maximum Gasteiger partial charge on any atom is 0.164 e. The van der Waals surface area contributed by atoms with Crippen LogP contribution in [0.3, 0.4) is 0 Å². The highest BCUT2D eigenvalue weighted by Crippen LogP contribution is 2.37. The molecule has 47 heavy (non-hydrogen) atoms. The molecule has 0 aliphatic heterocycles. The summed E-state index contributed by atoms with van der Waals surface area (Å²) in [4.78, 5) is 16.1. The van der Waals surface area contributed by atoms with E-state index in [1.807, 2.05) is 90.2 Å². The van der Waals surface area contributed by atoms with Crippen molar-refractivity contribution < 1.29 is 4.42 Å². The second kappa shape index (κ2) is 12.6. The number of thiophene rings is 1. The molecule has 3 heterocycles. The quantitative estimate of drug-likeness (QED) is 0.131. The third-order valence-electron chi connectivity index (χ3n) is 8.49. The van der Waals surface area contributed by atoms with Gasteiger partial charge >= 0.3 is 0 Å². The minimum atomic E-state index is 0.540. The zero-order valence-electron chi connectivity index (χ0n) is 25.8. The molecule has 226 valence electrons. The van der Waals surface area contributed by atoms with Crippen molar-refractivity contribution in [3.05, 3.63) is 167 Å². The van der Waals surface area contributed by atoms with E-state index in [4.69, 9.17) is 19.4 Å². The molecule has 3 aromatic heterocycles. The molecule has 0 N–H and O–H groups in total. The minimum Gasteiger partial charge on any atom is -0.456 e. The largest absolute Gasteiger partial charge is 0.456 e. The lowest BCUT2D eigenvalue weighted by Crippen LogP contribution is -2.02. The number of hydrogen-bond donors (Lipinski definition) is 0. The van der Waals surface area contributed by atoms with Gasteiger partial charge in [-0.2, -0.15) is 0 Å². The molecule has 0 atom stereocenters. The second-order valence-electron chi connectivity index (χ2n) is 11.5. The molecule has 8 rings (SSSR count). The first kappa shape index (κ1) is 28.8. The van der Waals surface area contributed by atoms with Crippen molar-refractivity contribution in [2.45, 2.75) is 19.3 Å². The fourth-order valence-corrected chi connectivity index (χ4v) is 7.28. The monoisotopic (exact) mass is 625 g/mol. The predicted molar refractivity (Wildman–Crippen MR) is 196 cm³/mol. The number of para-hydroxylation sites is 1. The lowest BCUT2D eigenvalue weighted by molar-refractivity contribution is 0.600. The summed E-state index contributed by atoms with van der Waals surface area (Å²) in [5.41, 5.74) is 7.22. The molecule has 0 radical (unpaired) electrons. The molecule has 4 nitrogen and oxygen atoms in total. The molecular weight excluding hydrogens is 595 g/mol. The summed E-state index contributed by atoms with van der Waals surface area (Å²) >= 11 is 1.87. The maximum atomic E-state index is 6.54. The molecule has 1 aliphatic carbocycles. The Kier molecular flexibility index (Phi) is 7.74. The van der Waals surface area contributed by atoms with Crippen LogP contribution in [-0.4, -0.2) is 15.0 Å². The minimum absolute atomic E-state index is 0.540. The third-order valence-corrected chi connectivity index (χ3v) is 9.67. The molecule has 0 amide bonds. The standard InChI is InChI=1S/C42H31N3OS/c1-2-29(40-43-41(30-15-7-5-8-16-30)45-42(44-40)31-17-9-6-10-18-31)27-37-34(32-19-13-14-21-36(32)46-37)25-28-23-24-39-35(26-28)33-20-11-3-4-12-22-38(33)47-39/h2-3,5-19,21-24,26-27H,1,4,20,25H2/b11-3-,22-12-,29-27+. The van der Waals surface area contributed by atoms with Gasteiger partial charge in [-0.25, -0.2) is 15.0 Å². The van der Waals surface area contributed by atoms with E-state index in [9.17, 15) is 0 Å². The highest BCUT2D eigenvalue weighted by molar-refractivity contribution is 7.20. The Labute approximate surface area is 277 Å². The summed E-state index contributed by atoms with van der Waals surface area (Å²) in [5.74, 6) is 2.53. The molecule has 0 unspecified atom stereocenters. The normalized spacial score (nSPS) is 14.4. The fourth-order valence-electron chi connectivity index (χ4n) is 6.14. The highest BCUT2D eigenvalue weighted by atomic mass is 32.1. The molecular formula is C42H31N3OS. The van der Waals surface area contributed by atoms with Crippen LogP contribution in [0.15, 0.2) is 138 Å². The second-order valence-corrected chi connectivity index (χ2v) is 12.6. The van der Waals surface area contributed by atoms with Crippen LogP contribution in [0.2, 0.25) is 0 Å². The highest BCUT2D eigenvalue weighted by Gasteiger charge is 2.18. The van der Waals surface area contributed by atoms with Crippen LogP contribution in [0, 0.1) is 0 Å². The summed E-state index contributed by atoms with van der Waals surface area (Å²) in [7, 11) is 0. The first-order valence-corrected chi connectivity index (χ1v) is 16.6. The molecule has 7 aromatic rings. The Morgan fingerprint density at radius 3 is 2.23 bits per heavy atom. The van der Waals surface area contributed by atoms with Crippen LogP contribution in [0.1, 0.15) is 39.6 Å². The van der Waals surface area contributed by atoms with E-state index >= 15 is 0 Å². The Morgan fingerprint density at radius 1 is 0.766 bits per heavy atom. The third kappa shape index (κ3) is 5.78. The molecule has 4 aromatic carbocycles. The van der Waals surface area contributed by atoms with Gasteiger partial charge in [-0.1, -0.05) is 116 Å². The van der Waals surface area contributed by atoms with Gasteiger partial charge in [-0.05, 0) is 59.7 Å². The zero-order valence-corrected chi connectivity index (χ0v) is 26.6. The Morgan fingerprint density at radius 2 is 1.49 bits per heavy atom. The van der Waals surface area contributed by atoms with E-state index in [-0.39, 0.29) is 0 Å². The average Bonchev–Trinajstić information content (AvgIpc) is 3.63. The van der Waals surface area contributed by atoms with Crippen molar-refractivity contribution in [2.24, 2.45) is 0 Å². The Bertz CT molecular complexity index is 2280. The first-order chi connectivity index (χ1) is 23.2. The zero-order chi connectivity index (χ0) is 31.6. The first-order valence-electron chi connectivity index (χ1n) is 15.8. The van der Waals surface area contributed by atoms with E-state index in [1.165, 1.54) is 26.1 Å². The summed E-state index contributed by atoms with van der Waals surface area (Å²) in [6.45, 7) is 4.17. The number of benzene rings is 4. The van der Waals surface area contributed by atoms with Gasteiger partial charge in [0.15, 0.2) is 17.5 Å². The van der Waals surface area contributed by atoms with Crippen LogP contribution in [0.5, 0.6) is 0 Å². The van der Waals surface area contributed by atoms with Crippen molar-refractivity contribution in [2.75, 3.05) is 0 Å². The van der Waals surface area contributed by atoms with Crippen LogP contribution >= 0.6 is 11.3 Å². The van der Waals surface area contributed by atoms with E-state index in [0.717, 1.165) is 58.3 Å². The molecule has 5 heteroatoms. The summed E-state index contributed by atoms with van der Waals surface area (Å²) in [5, 5.41) is 2.43. The number of aromatic nitrogens is 3. The summed E-state index contributed by atoms with van der Waals surface area (Å²) in [6.07, 6.45) is 15.5. The number of fused-ring (bicyclic) bond motifs is 4. The van der Waals surface area contributed by atoms with Gasteiger partial charge in [0.05, 0.1) is 0 Å². The van der Waals surface area contributed by atoms with Gasteiger partial charge in [0.1, 0.15) is 11.3 Å². The van der Waals surface area contributed by atoms with E-state index < -0.39 is 0 Å². The number of nitrogens with zero attached hydrogens (tertiary/aromatic N) is 3. The molecule has 0 spiro atoms. The van der Waals surface area contributed by atoms with E-state index in [1.54, 1.807) is 6.08 Å². The van der Waals surface area contributed by atoms with Crippen molar-refractivity contribution in [3.63, 3.8) is 0 Å². The van der Waals surface area contributed by atoms with Gasteiger partial charge in [-0.3, -0.25) is 0 Å². The average molecular weight is 626 g/mol. The number of allylic oxidation sites excluding steroid dienone is 5. The van der Waals surface area contributed by atoms with Crippen molar-refractivity contribution in [3.8, 4) is 22.8 Å². The molecule has 0 fully saturated rings. The van der Waals surface area contributed by atoms with Crippen LogP contribution < -0.4 is 0 Å². The fraction of sp³-hybridized carbons (Fsp3) is 0.0714. The Hall–Kier alpha value is -5.65. The van der Waals surface area contributed by atoms with Crippen molar-refractivity contribution in [1.82, 2.24) is 15.0 Å². The topological polar surface area (TPSA) is 51.8 Å². The number of furan rings is 1. The SMILES string of the molecule is C=C/C(=C\c1oc2ccccc2c1Cc1ccc2sc3c(c2c1)C/C=C\C/C=C\3)c1nc(-c2ccccc2)nc(-c2ccccc2)n1. The lowest BCUT2D eigenvalue weighted by Gasteiger charge is -2.09. The van der Waals surface area contributed by atoms with Gasteiger partial charge in [0.25, 0.3) is 0 Å². The van der Waals surface area contributed by atoms with Gasteiger partial charge < -0.3 is 4.42 Å². The molecule has 0 bridgehead atoms. The Balaban J connectivity index is 1.24. The molecule has 0 saturated heterocycles. The van der Waals surface area contributed by atoms with Crippen LogP contribution in [0.25, 0.3) is 61.6 Å². The van der Waals surface area contributed by atoms with Gasteiger partial charge in [0.2, 0.25) is 0 Å². The van der Waals surface area contributed by atoms with Gasteiger partial charge in [0, 0.05) is 43.6 Å². The van der Waals surface area contributed by atoms with E-state index in [0.29, 0.717) is 17.5 Å². The van der Waals surface area contributed by atoms with Crippen molar-refractivity contribution >= 4 is 50.1 Å². The van der Waals surface area contributed by atoms with Crippen LogP contribution in [0.4, 0.5) is 0 Å². The number of rotatable bonds is 7. The van der Waals surface area contributed by atoms with Gasteiger partial charge in [-0.15, -0.1) is 11.3 Å². The van der Waals surface area contributed by atoms with Crippen molar-refractivity contribution in [1.29, 1.82) is 0 Å². The lowest BCUT2D eigenvalue weighted by atomic mass is 9.97. The maximum absolute atomic E-state index is 6.54. The number of hydrogen-bond acceptors (Lipinski definition) is 5. The smallest absolute Gasteiger partial charge is 0.164 e. The molecule has 1 aliphatic rings. The van der Waals surface area contributed by atoms with Crippen LogP contribution in [-0.2, 0) is 12.8 Å². The van der Waals surface area contributed by atoms with E-state index in [2.05, 4.69) is 61.2 Å². The molecule has 0 saturated carbocycles.